The Hall–Kier alpha value is -3.15. The third-order valence-electron chi connectivity index (χ3n) is 3.94. The quantitative estimate of drug-likeness (QED) is 0.870. The Morgan fingerprint density at radius 2 is 1.88 bits per heavy atom. The van der Waals surface area contributed by atoms with Crippen molar-refractivity contribution in [3.63, 3.8) is 0 Å². The van der Waals surface area contributed by atoms with E-state index < -0.39 is 0 Å². The summed E-state index contributed by atoms with van der Waals surface area (Å²) in [6.07, 6.45) is 0. The number of ketones is 1. The Bertz CT molecular complexity index is 843. The molecule has 0 aliphatic carbocycles. The fraction of sp³-hybridized carbons (Fsp3) is 0.211. The molecule has 0 saturated heterocycles. The van der Waals surface area contributed by atoms with Gasteiger partial charge in [0, 0.05) is 11.3 Å². The van der Waals surface area contributed by atoms with Crippen molar-refractivity contribution in [3.05, 3.63) is 53.6 Å². The maximum absolute atomic E-state index is 12.3. The molecule has 2 aromatic carbocycles. The van der Waals surface area contributed by atoms with Gasteiger partial charge in [-0.3, -0.25) is 19.3 Å². The average molecular weight is 338 g/mol. The molecule has 0 aromatic heterocycles. The molecular formula is C19H18N2O4. The third kappa shape index (κ3) is 3.68. The van der Waals surface area contributed by atoms with Gasteiger partial charge in [-0.15, -0.1) is 0 Å². The van der Waals surface area contributed by atoms with Crippen LogP contribution in [0.3, 0.4) is 0 Å². The minimum absolute atomic E-state index is 0.0382. The summed E-state index contributed by atoms with van der Waals surface area (Å²) in [6, 6.07) is 12.1. The van der Waals surface area contributed by atoms with E-state index in [1.807, 2.05) is 19.1 Å². The number of fused-ring (bicyclic) bond motifs is 1. The highest BCUT2D eigenvalue weighted by atomic mass is 16.5. The first kappa shape index (κ1) is 16.7. The van der Waals surface area contributed by atoms with Gasteiger partial charge in [0.1, 0.15) is 12.3 Å². The number of Topliss-reactive ketones (excluding diaryl/α,β-unsaturated/α-hetero) is 1. The van der Waals surface area contributed by atoms with Gasteiger partial charge in [0.25, 0.3) is 5.91 Å². The van der Waals surface area contributed by atoms with E-state index in [1.165, 1.54) is 11.8 Å². The summed E-state index contributed by atoms with van der Waals surface area (Å²) in [5, 5.41) is 2.73. The molecule has 2 amide bonds. The van der Waals surface area contributed by atoms with Crippen molar-refractivity contribution in [2.24, 2.45) is 0 Å². The number of nitrogens with one attached hydrogen (secondary N) is 1. The zero-order valence-electron chi connectivity index (χ0n) is 14.0. The molecule has 1 aliphatic heterocycles. The minimum Gasteiger partial charge on any atom is -0.482 e. The second-order valence-electron chi connectivity index (χ2n) is 5.92. The number of rotatable bonds is 4. The molecule has 6 heteroatoms. The molecule has 1 aliphatic rings. The predicted octanol–water partition coefficient (Wildman–Crippen LogP) is 2.56. The maximum atomic E-state index is 12.3. The molecule has 1 heterocycles. The van der Waals surface area contributed by atoms with E-state index in [1.54, 1.807) is 30.3 Å². The molecule has 6 nitrogen and oxygen atoms in total. The summed E-state index contributed by atoms with van der Waals surface area (Å²) in [7, 11) is 0. The van der Waals surface area contributed by atoms with Crippen molar-refractivity contribution >= 4 is 29.0 Å². The van der Waals surface area contributed by atoms with Gasteiger partial charge in [0.05, 0.1) is 5.69 Å². The number of aryl methyl sites for hydroxylation is 1. The summed E-state index contributed by atoms with van der Waals surface area (Å²) in [5.74, 6) is -0.0299. The highest BCUT2D eigenvalue weighted by Crippen LogP contribution is 2.32. The van der Waals surface area contributed by atoms with Crippen molar-refractivity contribution < 1.29 is 19.1 Å². The minimum atomic E-state index is -0.322. The summed E-state index contributed by atoms with van der Waals surface area (Å²) in [6.45, 7) is 3.22. The van der Waals surface area contributed by atoms with Gasteiger partial charge >= 0.3 is 0 Å². The Morgan fingerprint density at radius 3 is 2.56 bits per heavy atom. The van der Waals surface area contributed by atoms with E-state index in [9.17, 15) is 14.4 Å². The number of amides is 2. The van der Waals surface area contributed by atoms with Gasteiger partial charge in [-0.25, -0.2) is 0 Å². The van der Waals surface area contributed by atoms with Crippen molar-refractivity contribution in [2.75, 3.05) is 23.4 Å². The van der Waals surface area contributed by atoms with Crippen LogP contribution in [0, 0.1) is 6.92 Å². The van der Waals surface area contributed by atoms with Crippen LogP contribution in [0.25, 0.3) is 0 Å². The molecule has 3 rings (SSSR count). The topological polar surface area (TPSA) is 75.7 Å². The first-order chi connectivity index (χ1) is 11.9. The number of carbonyl (C=O) groups is 3. The lowest BCUT2D eigenvalue weighted by molar-refractivity contribution is -0.123. The summed E-state index contributed by atoms with van der Waals surface area (Å²) in [5.41, 5.74) is 2.75. The largest absolute Gasteiger partial charge is 0.482 e. The van der Waals surface area contributed by atoms with Crippen LogP contribution < -0.4 is 15.0 Å². The van der Waals surface area contributed by atoms with Gasteiger partial charge in [-0.2, -0.15) is 0 Å². The van der Waals surface area contributed by atoms with Gasteiger partial charge < -0.3 is 10.1 Å². The molecule has 0 unspecified atom stereocenters. The van der Waals surface area contributed by atoms with Crippen LogP contribution in [0.1, 0.15) is 22.8 Å². The van der Waals surface area contributed by atoms with Gasteiger partial charge in [-0.05, 0) is 55.8 Å². The molecule has 0 fully saturated rings. The Balaban J connectivity index is 1.72. The number of benzene rings is 2. The van der Waals surface area contributed by atoms with Crippen molar-refractivity contribution in [3.8, 4) is 5.75 Å². The lowest BCUT2D eigenvalue weighted by atomic mass is 10.1. The van der Waals surface area contributed by atoms with Crippen molar-refractivity contribution in [1.29, 1.82) is 0 Å². The summed E-state index contributed by atoms with van der Waals surface area (Å²) in [4.78, 5) is 37.1. The summed E-state index contributed by atoms with van der Waals surface area (Å²) < 4.78 is 5.43. The number of carbonyl (C=O) groups excluding carboxylic acids is 3. The standard InChI is InChI=1S/C19H18N2O4/c1-12-3-8-16-17(9-12)25-11-19(24)21(16)10-18(23)20-15-6-4-14(5-7-15)13(2)22/h3-9H,10-11H2,1-2H3,(H,20,23). The van der Waals surface area contributed by atoms with E-state index in [4.69, 9.17) is 4.74 Å². The van der Waals surface area contributed by atoms with Crippen LogP contribution in [-0.4, -0.2) is 30.7 Å². The fourth-order valence-corrected chi connectivity index (χ4v) is 2.62. The van der Waals surface area contributed by atoms with Crippen LogP contribution in [0.15, 0.2) is 42.5 Å². The lowest BCUT2D eigenvalue weighted by Crippen LogP contribution is -2.43. The normalized spacial score (nSPS) is 13.0. The van der Waals surface area contributed by atoms with Gasteiger partial charge in [0.2, 0.25) is 5.91 Å². The zero-order valence-corrected chi connectivity index (χ0v) is 14.0. The number of nitrogens with zero attached hydrogens (tertiary/aromatic N) is 1. The Labute approximate surface area is 145 Å². The second-order valence-corrected chi connectivity index (χ2v) is 5.92. The maximum Gasteiger partial charge on any atom is 0.265 e. The molecule has 0 atom stereocenters. The van der Waals surface area contributed by atoms with Gasteiger partial charge in [0.15, 0.2) is 12.4 Å². The molecular weight excluding hydrogens is 320 g/mol. The molecule has 128 valence electrons. The van der Waals surface area contributed by atoms with E-state index in [-0.39, 0.29) is 30.7 Å². The first-order valence-corrected chi connectivity index (χ1v) is 7.89. The van der Waals surface area contributed by atoms with E-state index in [0.717, 1.165) is 5.56 Å². The van der Waals surface area contributed by atoms with Gasteiger partial charge in [-0.1, -0.05) is 6.07 Å². The van der Waals surface area contributed by atoms with Crippen LogP contribution in [0.2, 0.25) is 0 Å². The van der Waals surface area contributed by atoms with Crippen molar-refractivity contribution in [2.45, 2.75) is 13.8 Å². The molecule has 0 saturated carbocycles. The summed E-state index contributed by atoms with van der Waals surface area (Å²) >= 11 is 0. The SMILES string of the molecule is CC(=O)c1ccc(NC(=O)CN2C(=O)COc3cc(C)ccc32)cc1. The number of anilines is 2. The van der Waals surface area contributed by atoms with Crippen LogP contribution in [0.4, 0.5) is 11.4 Å². The first-order valence-electron chi connectivity index (χ1n) is 7.89. The lowest BCUT2D eigenvalue weighted by Gasteiger charge is -2.29. The molecule has 0 radical (unpaired) electrons. The third-order valence-corrected chi connectivity index (χ3v) is 3.94. The van der Waals surface area contributed by atoms with E-state index in [0.29, 0.717) is 22.7 Å². The number of hydrogen-bond donors (Lipinski definition) is 1. The van der Waals surface area contributed by atoms with Crippen molar-refractivity contribution in [1.82, 2.24) is 0 Å². The molecule has 0 spiro atoms. The molecule has 25 heavy (non-hydrogen) atoms. The van der Waals surface area contributed by atoms with E-state index >= 15 is 0 Å². The molecule has 1 N–H and O–H groups in total. The predicted molar refractivity (Wildman–Crippen MR) is 94.1 cm³/mol. The van der Waals surface area contributed by atoms with E-state index in [2.05, 4.69) is 5.32 Å². The highest BCUT2D eigenvalue weighted by molar-refractivity contribution is 6.05. The zero-order chi connectivity index (χ0) is 18.0. The number of ether oxygens (including phenoxy) is 1. The smallest absolute Gasteiger partial charge is 0.265 e. The van der Waals surface area contributed by atoms with Crippen LogP contribution >= 0.6 is 0 Å². The fourth-order valence-electron chi connectivity index (χ4n) is 2.62. The average Bonchev–Trinajstić information content (AvgIpc) is 2.58. The highest BCUT2D eigenvalue weighted by Gasteiger charge is 2.27. The van der Waals surface area contributed by atoms with Crippen LogP contribution in [-0.2, 0) is 9.59 Å². The molecule has 2 aromatic rings. The Kier molecular flexibility index (Phi) is 4.52. The van der Waals surface area contributed by atoms with Crippen LogP contribution in [0.5, 0.6) is 5.75 Å². The monoisotopic (exact) mass is 338 g/mol. The second kappa shape index (κ2) is 6.76. The Morgan fingerprint density at radius 1 is 1.16 bits per heavy atom. The number of hydrogen-bond acceptors (Lipinski definition) is 4. The molecule has 0 bridgehead atoms.